The van der Waals surface area contributed by atoms with E-state index in [0.29, 0.717) is 0 Å². The first kappa shape index (κ1) is 9.10. The highest BCUT2D eigenvalue weighted by Crippen LogP contribution is 2.21. The Labute approximate surface area is 94.4 Å². The maximum Gasteiger partial charge on any atom is 0.0781 e. The number of pyridine rings is 1. The Balaban J connectivity index is 2.19. The maximum absolute atomic E-state index is 4.40. The summed E-state index contributed by atoms with van der Waals surface area (Å²) in [5.41, 5.74) is 3.26. The van der Waals surface area contributed by atoms with Gasteiger partial charge < -0.3 is 0 Å². The molecule has 0 aliphatic heterocycles. The molecule has 0 fully saturated rings. The number of hydrogen-bond acceptors (Lipinski definition) is 1. The van der Waals surface area contributed by atoms with E-state index in [4.69, 9.17) is 0 Å². The second-order valence-corrected chi connectivity index (χ2v) is 3.70. The molecule has 2 aromatic carbocycles. The van der Waals surface area contributed by atoms with Crippen LogP contribution in [0.15, 0.2) is 60.8 Å². The number of aromatic nitrogens is 1. The van der Waals surface area contributed by atoms with Crippen molar-refractivity contribution < 1.29 is 0 Å². The smallest absolute Gasteiger partial charge is 0.0781 e. The maximum atomic E-state index is 4.40. The van der Waals surface area contributed by atoms with Gasteiger partial charge in [0.25, 0.3) is 0 Å². The van der Waals surface area contributed by atoms with Gasteiger partial charge in [-0.05, 0) is 11.6 Å². The summed E-state index contributed by atoms with van der Waals surface area (Å²) in [5.74, 6) is 0. The molecular weight excluding hydrogens is 194 g/mol. The van der Waals surface area contributed by atoms with Crippen molar-refractivity contribution in [3.05, 3.63) is 66.9 Å². The zero-order valence-electron chi connectivity index (χ0n) is 8.72. The molecule has 1 heterocycles. The van der Waals surface area contributed by atoms with Crippen LogP contribution in [0.2, 0.25) is 0 Å². The predicted octanol–water partition coefficient (Wildman–Crippen LogP) is 3.70. The summed E-state index contributed by atoms with van der Waals surface area (Å²) in [5, 5.41) is 1.13. The molecule has 0 bridgehead atoms. The van der Waals surface area contributed by atoms with Crippen molar-refractivity contribution in [2.24, 2.45) is 0 Å². The molecule has 3 aromatic rings. The van der Waals surface area contributed by atoms with Gasteiger partial charge >= 0.3 is 0 Å². The second-order valence-electron chi connectivity index (χ2n) is 3.70. The van der Waals surface area contributed by atoms with Crippen molar-refractivity contribution in [2.45, 2.75) is 0 Å². The first-order valence-electron chi connectivity index (χ1n) is 5.25. The van der Waals surface area contributed by atoms with Crippen LogP contribution in [0.1, 0.15) is 0 Å². The Morgan fingerprint density at radius 2 is 1.75 bits per heavy atom. The summed E-state index contributed by atoms with van der Waals surface area (Å²) in [4.78, 5) is 4.40. The molecule has 0 saturated heterocycles. The number of fused-ring (bicyclic) bond motifs is 1. The van der Waals surface area contributed by atoms with Crippen molar-refractivity contribution in [1.82, 2.24) is 4.98 Å². The van der Waals surface area contributed by atoms with Crippen LogP contribution >= 0.6 is 0 Å². The van der Waals surface area contributed by atoms with Crippen molar-refractivity contribution in [3.63, 3.8) is 0 Å². The molecule has 0 atom stereocenters. The molecule has 0 aliphatic rings. The molecule has 0 saturated carbocycles. The number of para-hydroxylation sites is 1. The first-order valence-corrected chi connectivity index (χ1v) is 5.25. The standard InChI is InChI=1S/C15H10N/c1-2-6-12(7-3-1)14-10-13-8-4-5-9-15(13)16-11-14/h1-8,10-11H. The van der Waals surface area contributed by atoms with E-state index in [-0.39, 0.29) is 0 Å². The molecule has 1 heteroatoms. The van der Waals surface area contributed by atoms with E-state index >= 15 is 0 Å². The van der Waals surface area contributed by atoms with E-state index in [1.165, 1.54) is 5.56 Å². The lowest BCUT2D eigenvalue weighted by atomic mass is 10.1. The van der Waals surface area contributed by atoms with E-state index < -0.39 is 0 Å². The third kappa shape index (κ3) is 1.57. The van der Waals surface area contributed by atoms with Crippen LogP contribution in [-0.2, 0) is 0 Å². The van der Waals surface area contributed by atoms with Gasteiger partial charge in [0.05, 0.1) is 5.52 Å². The summed E-state index contributed by atoms with van der Waals surface area (Å²) in [6, 6.07) is 21.5. The highest BCUT2D eigenvalue weighted by Gasteiger charge is 1.99. The molecule has 75 valence electrons. The lowest BCUT2D eigenvalue weighted by Gasteiger charge is -2.02. The highest BCUT2D eigenvalue weighted by atomic mass is 14.6. The van der Waals surface area contributed by atoms with Crippen molar-refractivity contribution >= 4 is 10.9 Å². The monoisotopic (exact) mass is 204 g/mol. The van der Waals surface area contributed by atoms with Gasteiger partial charge in [0, 0.05) is 23.2 Å². The van der Waals surface area contributed by atoms with Crippen molar-refractivity contribution in [2.75, 3.05) is 0 Å². The molecule has 16 heavy (non-hydrogen) atoms. The molecule has 0 unspecified atom stereocenters. The average Bonchev–Trinajstić information content (AvgIpc) is 2.39. The third-order valence-electron chi connectivity index (χ3n) is 2.62. The van der Waals surface area contributed by atoms with Crippen molar-refractivity contribution in [3.8, 4) is 11.1 Å². The lowest BCUT2D eigenvalue weighted by Crippen LogP contribution is -1.82. The van der Waals surface area contributed by atoms with E-state index in [9.17, 15) is 0 Å². The molecule has 0 amide bonds. The van der Waals surface area contributed by atoms with Gasteiger partial charge in [0.1, 0.15) is 0 Å². The Kier molecular flexibility index (Phi) is 2.15. The van der Waals surface area contributed by atoms with E-state index in [1.54, 1.807) is 0 Å². The largest absolute Gasteiger partial charge is 0.255 e. The Morgan fingerprint density at radius 1 is 0.875 bits per heavy atom. The van der Waals surface area contributed by atoms with Gasteiger partial charge in [-0.25, -0.2) is 0 Å². The average molecular weight is 204 g/mol. The fourth-order valence-corrected chi connectivity index (χ4v) is 1.80. The van der Waals surface area contributed by atoms with Gasteiger partial charge in [0.2, 0.25) is 0 Å². The van der Waals surface area contributed by atoms with Crippen LogP contribution in [0.3, 0.4) is 0 Å². The van der Waals surface area contributed by atoms with Crippen LogP contribution in [0.4, 0.5) is 0 Å². The first-order chi connectivity index (χ1) is 7.93. The topological polar surface area (TPSA) is 12.9 Å². The molecule has 1 nitrogen and oxygen atoms in total. The van der Waals surface area contributed by atoms with Crippen molar-refractivity contribution in [1.29, 1.82) is 0 Å². The van der Waals surface area contributed by atoms with E-state index in [2.05, 4.69) is 35.3 Å². The Bertz CT molecular complexity index is 614. The Morgan fingerprint density at radius 3 is 2.62 bits per heavy atom. The van der Waals surface area contributed by atoms with Crippen LogP contribution in [-0.4, -0.2) is 4.98 Å². The highest BCUT2D eigenvalue weighted by molar-refractivity contribution is 5.82. The Hall–Kier alpha value is -2.15. The number of benzene rings is 2. The molecule has 3 rings (SSSR count). The fraction of sp³-hybridized carbons (Fsp3) is 0. The van der Waals surface area contributed by atoms with E-state index in [1.807, 2.05) is 36.5 Å². The quantitative estimate of drug-likeness (QED) is 0.589. The number of hydrogen-bond donors (Lipinski definition) is 0. The summed E-state index contributed by atoms with van der Waals surface area (Å²) in [6.07, 6.45) is 1.90. The molecular formula is C15H10N. The van der Waals surface area contributed by atoms with Gasteiger partial charge in [-0.2, -0.15) is 0 Å². The summed E-state index contributed by atoms with van der Waals surface area (Å²) in [6.45, 7) is 0. The lowest BCUT2D eigenvalue weighted by molar-refractivity contribution is 1.40. The minimum absolute atomic E-state index is 0.919. The van der Waals surface area contributed by atoms with Crippen LogP contribution in [0.25, 0.3) is 22.0 Å². The molecule has 0 spiro atoms. The fourth-order valence-electron chi connectivity index (χ4n) is 1.80. The molecule has 0 N–H and O–H groups in total. The zero-order chi connectivity index (χ0) is 10.8. The number of nitrogens with zero attached hydrogens (tertiary/aromatic N) is 1. The SMILES string of the molecule is [c]1cccc2cc(-c3ccccc3)cnc12. The summed E-state index contributed by atoms with van der Waals surface area (Å²) in [7, 11) is 0. The minimum Gasteiger partial charge on any atom is -0.255 e. The van der Waals surface area contributed by atoms with Crippen LogP contribution in [0, 0.1) is 6.07 Å². The zero-order valence-corrected chi connectivity index (χ0v) is 8.72. The summed E-state index contributed by atoms with van der Waals surface area (Å²) >= 11 is 0. The molecule has 0 aliphatic carbocycles. The molecule has 1 aromatic heterocycles. The van der Waals surface area contributed by atoms with Crippen LogP contribution < -0.4 is 0 Å². The van der Waals surface area contributed by atoms with E-state index in [0.717, 1.165) is 16.5 Å². The summed E-state index contributed by atoms with van der Waals surface area (Å²) < 4.78 is 0. The minimum atomic E-state index is 0.919. The molecule has 1 radical (unpaired) electrons. The third-order valence-corrected chi connectivity index (χ3v) is 2.62. The van der Waals surface area contributed by atoms with Gasteiger partial charge in [-0.15, -0.1) is 0 Å². The number of rotatable bonds is 1. The second kappa shape index (κ2) is 3.78. The normalized spacial score (nSPS) is 10.5. The van der Waals surface area contributed by atoms with Gasteiger partial charge in [0.15, 0.2) is 0 Å². The van der Waals surface area contributed by atoms with Gasteiger partial charge in [-0.3, -0.25) is 4.98 Å². The predicted molar refractivity (Wildman–Crippen MR) is 66.0 cm³/mol. The van der Waals surface area contributed by atoms with Crippen LogP contribution in [0.5, 0.6) is 0 Å². The van der Waals surface area contributed by atoms with Gasteiger partial charge in [-0.1, -0.05) is 48.5 Å².